The van der Waals surface area contributed by atoms with E-state index in [0.717, 1.165) is 44.9 Å². The van der Waals surface area contributed by atoms with Crippen molar-refractivity contribution in [2.24, 2.45) is 62.1 Å². The van der Waals surface area contributed by atoms with Gasteiger partial charge < -0.3 is 24.1 Å². The molecule has 5 rings (SSSR count). The van der Waals surface area contributed by atoms with Crippen molar-refractivity contribution >= 4 is 17.9 Å². The molecule has 5 aliphatic carbocycles. The van der Waals surface area contributed by atoms with Crippen molar-refractivity contribution in [3.8, 4) is 0 Å². The van der Waals surface area contributed by atoms with Crippen LogP contribution in [0, 0.1) is 62.1 Å². The fraction of sp³-hybridized carbons (Fsp3) is 0.889. The molecule has 10 atom stereocenters. The van der Waals surface area contributed by atoms with Gasteiger partial charge in [0.05, 0.1) is 25.0 Å². The molecule has 0 aromatic carbocycles. The van der Waals surface area contributed by atoms with Crippen molar-refractivity contribution < 1.29 is 38.4 Å². The molecule has 8 heteroatoms. The van der Waals surface area contributed by atoms with Gasteiger partial charge in [-0.1, -0.05) is 46.8 Å². The molecular formula is C45H74O8. The molecule has 5 fully saturated rings. The Kier molecular flexibility index (Phi) is 12.4. The molecule has 0 amide bonds. The Labute approximate surface area is 321 Å². The van der Waals surface area contributed by atoms with Gasteiger partial charge in [0.15, 0.2) is 0 Å². The smallest absolute Gasteiger partial charge is 0.309 e. The number of carbonyl (C=O) groups excluding carboxylic acids is 2. The number of allylic oxidation sites excluding steroid dienone is 1. The Balaban J connectivity index is 1.34. The third kappa shape index (κ3) is 7.52. The molecule has 53 heavy (non-hydrogen) atoms. The molecule has 0 spiro atoms. The maximum Gasteiger partial charge on any atom is 0.309 e. The van der Waals surface area contributed by atoms with E-state index in [1.165, 1.54) is 31.3 Å². The fourth-order valence-electron chi connectivity index (χ4n) is 13.7. The Morgan fingerprint density at radius 1 is 0.811 bits per heavy atom. The molecule has 0 bridgehead atoms. The molecule has 0 saturated heterocycles. The lowest BCUT2D eigenvalue weighted by atomic mass is 9.32. The molecule has 0 unspecified atom stereocenters. The monoisotopic (exact) mass is 743 g/mol. The number of esters is 2. The van der Waals surface area contributed by atoms with Crippen LogP contribution in [0.15, 0.2) is 12.2 Å². The lowest BCUT2D eigenvalue weighted by Crippen LogP contribution is -2.66. The lowest BCUT2D eigenvalue weighted by molar-refractivity contribution is -0.250. The van der Waals surface area contributed by atoms with E-state index in [2.05, 4.69) is 48.1 Å². The summed E-state index contributed by atoms with van der Waals surface area (Å²) in [6.07, 6.45) is 11.9. The van der Waals surface area contributed by atoms with Crippen LogP contribution in [0.1, 0.15) is 153 Å². The van der Waals surface area contributed by atoms with Crippen LogP contribution in [-0.4, -0.2) is 61.6 Å². The quantitative estimate of drug-likeness (QED) is 0.131. The third-order valence-corrected chi connectivity index (χ3v) is 16.8. The van der Waals surface area contributed by atoms with E-state index in [9.17, 15) is 19.5 Å². The molecule has 302 valence electrons. The molecule has 1 N–H and O–H groups in total. The molecule has 0 aromatic rings. The maximum absolute atomic E-state index is 13.4. The van der Waals surface area contributed by atoms with Gasteiger partial charge in [-0.15, -0.1) is 0 Å². The number of carbonyl (C=O) groups is 3. The number of fused-ring (bicyclic) bond motifs is 7. The van der Waals surface area contributed by atoms with Crippen LogP contribution in [0.4, 0.5) is 0 Å². The summed E-state index contributed by atoms with van der Waals surface area (Å²) in [5, 5.41) is 9.62. The van der Waals surface area contributed by atoms with E-state index in [-0.39, 0.29) is 51.7 Å². The van der Waals surface area contributed by atoms with Crippen molar-refractivity contribution in [2.45, 2.75) is 165 Å². The van der Waals surface area contributed by atoms with Gasteiger partial charge in [0.25, 0.3) is 0 Å². The second kappa shape index (κ2) is 15.5. The van der Waals surface area contributed by atoms with Crippen molar-refractivity contribution in [3.05, 3.63) is 12.2 Å². The van der Waals surface area contributed by atoms with E-state index in [0.29, 0.717) is 62.4 Å². The van der Waals surface area contributed by atoms with Gasteiger partial charge in [-0.25, -0.2) is 0 Å². The zero-order valence-electron chi connectivity index (χ0n) is 35.1. The molecule has 0 aromatic heterocycles. The van der Waals surface area contributed by atoms with Crippen molar-refractivity contribution in [3.63, 3.8) is 0 Å². The summed E-state index contributed by atoms with van der Waals surface area (Å²) in [4.78, 5) is 38.2. The van der Waals surface area contributed by atoms with Gasteiger partial charge in [0.2, 0.25) is 0 Å². The van der Waals surface area contributed by atoms with Crippen LogP contribution in [0.3, 0.4) is 0 Å². The summed E-state index contributed by atoms with van der Waals surface area (Å²) >= 11 is 0. The van der Waals surface area contributed by atoms with Gasteiger partial charge in [0, 0.05) is 25.0 Å². The summed E-state index contributed by atoms with van der Waals surface area (Å²) in [6, 6.07) is 0. The van der Waals surface area contributed by atoms with E-state index >= 15 is 0 Å². The molecule has 5 aliphatic rings. The predicted molar refractivity (Wildman–Crippen MR) is 207 cm³/mol. The molecule has 8 nitrogen and oxygen atoms in total. The molecule has 0 aliphatic heterocycles. The first-order valence-electron chi connectivity index (χ1n) is 21.2. The Hall–Kier alpha value is -1.93. The zero-order chi connectivity index (χ0) is 39.2. The third-order valence-electron chi connectivity index (χ3n) is 16.8. The first-order chi connectivity index (χ1) is 24.7. The number of ether oxygens (including phenoxy) is 4. The maximum atomic E-state index is 13.4. The van der Waals surface area contributed by atoms with Crippen molar-refractivity contribution in [1.82, 2.24) is 0 Å². The Bertz CT molecular complexity index is 1360. The highest BCUT2D eigenvalue weighted by Crippen LogP contribution is 2.78. The van der Waals surface area contributed by atoms with Gasteiger partial charge >= 0.3 is 17.9 Å². The summed E-state index contributed by atoms with van der Waals surface area (Å²) in [5.41, 5.74) is 0.594. The largest absolute Gasteiger partial charge is 0.481 e. The summed E-state index contributed by atoms with van der Waals surface area (Å²) < 4.78 is 23.4. The van der Waals surface area contributed by atoms with E-state index < -0.39 is 17.4 Å². The van der Waals surface area contributed by atoms with E-state index in [1.54, 1.807) is 13.8 Å². The minimum absolute atomic E-state index is 0.116. The van der Waals surface area contributed by atoms with E-state index in [4.69, 9.17) is 18.9 Å². The highest BCUT2D eigenvalue weighted by molar-refractivity contribution is 5.81. The van der Waals surface area contributed by atoms with Gasteiger partial charge in [-0.05, 0) is 156 Å². The topological polar surface area (TPSA) is 108 Å². The molecule has 0 heterocycles. The molecule has 0 radical (unpaired) electrons. The number of hydrogen-bond donors (Lipinski definition) is 1. The van der Waals surface area contributed by atoms with Crippen LogP contribution in [0.2, 0.25) is 0 Å². The summed E-state index contributed by atoms with van der Waals surface area (Å²) in [5.74, 6) is 1.10. The summed E-state index contributed by atoms with van der Waals surface area (Å²) in [6.45, 7) is 28.2. The number of aliphatic carboxylic acids is 1. The minimum Gasteiger partial charge on any atom is -0.481 e. The predicted octanol–water partition coefficient (Wildman–Crippen LogP) is 9.82. The minimum atomic E-state index is -1.15. The molecular weight excluding hydrogens is 668 g/mol. The second-order valence-corrected chi connectivity index (χ2v) is 20.2. The van der Waals surface area contributed by atoms with Crippen LogP contribution in [-0.2, 0) is 33.3 Å². The lowest BCUT2D eigenvalue weighted by Gasteiger charge is -2.73. The number of rotatable bonds is 15. The van der Waals surface area contributed by atoms with Gasteiger partial charge in [0.1, 0.15) is 12.2 Å². The normalized spacial score (nSPS) is 38.9. The highest BCUT2D eigenvalue weighted by atomic mass is 16.6. The van der Waals surface area contributed by atoms with Gasteiger partial charge in [-0.2, -0.15) is 0 Å². The van der Waals surface area contributed by atoms with Crippen molar-refractivity contribution in [1.29, 1.82) is 0 Å². The first-order valence-corrected chi connectivity index (χ1v) is 21.2. The van der Waals surface area contributed by atoms with Crippen LogP contribution in [0.5, 0.6) is 0 Å². The Morgan fingerprint density at radius 2 is 1.47 bits per heavy atom. The first kappa shape index (κ1) is 42.2. The highest BCUT2D eigenvalue weighted by Gasteiger charge is 2.71. The fourth-order valence-corrected chi connectivity index (χ4v) is 13.7. The average molecular weight is 743 g/mol. The standard InChI is InChI=1S/C45H74O8/c1-12-50-27-30(28-51-13-2)52-36(46)19-23-45-22-16-31(29(3)4)38(45)32-14-15-34-42(9)20-18-35(53-37(47)26-40(5,6)39(48)49)41(7,8)33(42)17-21-44(34,11)43(32,10)24-25-45/h30-35,38H,3,12-28H2,1-2,4-11H3,(H,48,49)/t31-,32+,33-,34+,35-,38+,42-,43+,44+,45-/m0/s1. The Morgan fingerprint density at radius 3 is 2.08 bits per heavy atom. The zero-order valence-corrected chi connectivity index (χ0v) is 35.1. The van der Waals surface area contributed by atoms with Crippen LogP contribution < -0.4 is 0 Å². The second-order valence-electron chi connectivity index (χ2n) is 20.2. The van der Waals surface area contributed by atoms with Gasteiger partial charge in [-0.3, -0.25) is 14.4 Å². The number of carboxylic acids is 1. The molecule has 5 saturated carbocycles. The van der Waals surface area contributed by atoms with Crippen LogP contribution in [0.25, 0.3) is 0 Å². The SMILES string of the molecule is C=C(C)[C@@H]1CC[C@]2(CCC(=O)OC(COCC)COCC)CC[C@]3(C)[C@H](CC[C@@H]4[C@@]5(C)CC[C@H](OC(=O)CC(C)(C)C(=O)O)C(C)(C)[C@@H]5CC[C@]43C)[C@@H]12. The van der Waals surface area contributed by atoms with E-state index in [1.807, 2.05) is 13.8 Å². The van der Waals surface area contributed by atoms with Crippen LogP contribution >= 0.6 is 0 Å². The number of hydrogen-bond acceptors (Lipinski definition) is 7. The van der Waals surface area contributed by atoms with Crippen molar-refractivity contribution in [2.75, 3.05) is 26.4 Å². The average Bonchev–Trinajstić information content (AvgIpc) is 3.46. The number of carboxylic acid groups (broad SMARTS) is 1. The summed E-state index contributed by atoms with van der Waals surface area (Å²) in [7, 11) is 0.